The zero-order valence-corrected chi connectivity index (χ0v) is 16.7. The van der Waals surface area contributed by atoms with Gasteiger partial charge in [-0.2, -0.15) is 5.10 Å². The normalized spacial score (nSPS) is 10.7. The monoisotopic (exact) mass is 382 g/mol. The van der Waals surface area contributed by atoms with Crippen LogP contribution in [0.1, 0.15) is 28.1 Å². The minimum Gasteiger partial charge on any atom is -0.307 e. The molecule has 0 atom stereocenters. The fraction of sp³-hybridized carbons (Fsp3) is 0.238. The molecule has 2 amide bonds. The van der Waals surface area contributed by atoms with Crippen LogP contribution in [0.2, 0.25) is 5.02 Å². The number of nitrogens with one attached hydrogen (secondary N) is 2. The molecule has 3 aromatic rings. The molecule has 2 N–H and O–H groups in total. The van der Waals surface area contributed by atoms with Crippen molar-refractivity contribution < 1.29 is 4.79 Å². The smallest absolute Gasteiger partial charge is 0.307 e. The first kappa shape index (κ1) is 19.0. The molecular formula is C21H23ClN4O. The van der Waals surface area contributed by atoms with Crippen LogP contribution in [0.3, 0.4) is 0 Å². The van der Waals surface area contributed by atoms with E-state index in [1.54, 1.807) is 12.1 Å². The Hall–Kier alpha value is -2.79. The molecule has 0 fully saturated rings. The summed E-state index contributed by atoms with van der Waals surface area (Å²) in [5, 5.41) is 10.9. The van der Waals surface area contributed by atoms with Gasteiger partial charge in [0.2, 0.25) is 0 Å². The molecule has 5 nitrogen and oxygen atoms in total. The van der Waals surface area contributed by atoms with Gasteiger partial charge in [0.1, 0.15) is 0 Å². The van der Waals surface area contributed by atoms with Gasteiger partial charge in [-0.05, 0) is 51.0 Å². The van der Waals surface area contributed by atoms with Crippen LogP contribution in [0, 0.1) is 27.7 Å². The summed E-state index contributed by atoms with van der Waals surface area (Å²) >= 11 is 6.11. The minimum atomic E-state index is -0.318. The standard InChI is InChI=1S/C21H23ClN4O/c1-13-8-10-17(11-9-13)12-26-16(4)20(15(3)25-26)24-21(27)23-19-7-5-6-18(22)14(19)2/h5-11H,12H2,1-4H3,(H2,23,24,27). The molecule has 140 valence electrons. The molecule has 0 aliphatic carbocycles. The molecular weight excluding hydrogens is 360 g/mol. The predicted octanol–water partition coefficient (Wildman–Crippen LogP) is 5.46. The van der Waals surface area contributed by atoms with E-state index in [4.69, 9.17) is 11.6 Å². The molecule has 3 rings (SSSR count). The molecule has 0 bridgehead atoms. The molecule has 0 aliphatic heterocycles. The van der Waals surface area contributed by atoms with Gasteiger partial charge in [0.15, 0.2) is 0 Å². The Balaban J connectivity index is 1.75. The first-order chi connectivity index (χ1) is 12.8. The van der Waals surface area contributed by atoms with Gasteiger partial charge in [-0.25, -0.2) is 4.79 Å². The van der Waals surface area contributed by atoms with Gasteiger partial charge in [0, 0.05) is 10.7 Å². The van der Waals surface area contributed by atoms with E-state index in [2.05, 4.69) is 46.9 Å². The Kier molecular flexibility index (Phi) is 5.51. The zero-order chi connectivity index (χ0) is 19.6. The van der Waals surface area contributed by atoms with Crippen LogP contribution in [0.5, 0.6) is 0 Å². The van der Waals surface area contributed by atoms with Crippen LogP contribution in [-0.2, 0) is 6.54 Å². The van der Waals surface area contributed by atoms with E-state index in [0.29, 0.717) is 17.3 Å². The Labute approximate surface area is 164 Å². The molecule has 0 unspecified atom stereocenters. The maximum Gasteiger partial charge on any atom is 0.323 e. The van der Waals surface area contributed by atoms with Gasteiger partial charge in [0.25, 0.3) is 0 Å². The van der Waals surface area contributed by atoms with Crippen molar-refractivity contribution in [3.8, 4) is 0 Å². The van der Waals surface area contributed by atoms with E-state index in [9.17, 15) is 4.79 Å². The first-order valence-corrected chi connectivity index (χ1v) is 9.15. The van der Waals surface area contributed by atoms with Crippen LogP contribution < -0.4 is 10.6 Å². The van der Waals surface area contributed by atoms with Gasteiger partial charge in [0.05, 0.1) is 23.6 Å². The molecule has 27 heavy (non-hydrogen) atoms. The van der Waals surface area contributed by atoms with Crippen molar-refractivity contribution in [3.05, 3.63) is 75.6 Å². The molecule has 0 aliphatic rings. The van der Waals surface area contributed by atoms with Crippen LogP contribution in [0.25, 0.3) is 0 Å². The zero-order valence-electron chi connectivity index (χ0n) is 15.9. The summed E-state index contributed by atoms with van der Waals surface area (Å²) in [7, 11) is 0. The number of carbonyl (C=O) groups is 1. The maximum absolute atomic E-state index is 12.5. The first-order valence-electron chi connectivity index (χ1n) is 8.78. The number of halogens is 1. The molecule has 2 aromatic carbocycles. The van der Waals surface area contributed by atoms with E-state index >= 15 is 0 Å². The van der Waals surface area contributed by atoms with Crippen molar-refractivity contribution in [3.63, 3.8) is 0 Å². The Morgan fingerprint density at radius 1 is 1.04 bits per heavy atom. The average molecular weight is 383 g/mol. The second-order valence-electron chi connectivity index (χ2n) is 6.68. The highest BCUT2D eigenvalue weighted by Crippen LogP contribution is 2.24. The summed E-state index contributed by atoms with van der Waals surface area (Å²) in [4.78, 5) is 12.5. The number of aromatic nitrogens is 2. The summed E-state index contributed by atoms with van der Waals surface area (Å²) in [6.45, 7) is 8.43. The summed E-state index contributed by atoms with van der Waals surface area (Å²) in [5.74, 6) is 0. The third-order valence-electron chi connectivity index (χ3n) is 4.59. The lowest BCUT2D eigenvalue weighted by Crippen LogP contribution is -2.20. The highest BCUT2D eigenvalue weighted by Gasteiger charge is 2.15. The maximum atomic E-state index is 12.5. The highest BCUT2D eigenvalue weighted by molar-refractivity contribution is 6.31. The fourth-order valence-corrected chi connectivity index (χ4v) is 3.08. The van der Waals surface area contributed by atoms with Crippen molar-refractivity contribution in [1.29, 1.82) is 0 Å². The number of benzene rings is 2. The van der Waals surface area contributed by atoms with E-state index < -0.39 is 0 Å². The SMILES string of the molecule is Cc1ccc(Cn2nc(C)c(NC(=O)Nc3cccc(Cl)c3C)c2C)cc1. The Morgan fingerprint density at radius 3 is 2.44 bits per heavy atom. The summed E-state index contributed by atoms with van der Waals surface area (Å²) < 4.78 is 1.90. The molecule has 1 heterocycles. The summed E-state index contributed by atoms with van der Waals surface area (Å²) in [6.07, 6.45) is 0. The second-order valence-corrected chi connectivity index (χ2v) is 7.09. The third kappa shape index (κ3) is 4.31. The minimum absolute atomic E-state index is 0.318. The lowest BCUT2D eigenvalue weighted by atomic mass is 10.1. The lowest BCUT2D eigenvalue weighted by molar-refractivity contribution is 0.262. The Morgan fingerprint density at radius 2 is 1.74 bits per heavy atom. The fourth-order valence-electron chi connectivity index (χ4n) is 2.91. The molecule has 1 aromatic heterocycles. The predicted molar refractivity (Wildman–Crippen MR) is 111 cm³/mol. The van der Waals surface area contributed by atoms with Crippen molar-refractivity contribution in [2.45, 2.75) is 34.2 Å². The van der Waals surface area contributed by atoms with Crippen molar-refractivity contribution in [2.24, 2.45) is 0 Å². The third-order valence-corrected chi connectivity index (χ3v) is 5.00. The molecule has 0 spiro atoms. The van der Waals surface area contributed by atoms with E-state index in [1.165, 1.54) is 5.56 Å². The van der Waals surface area contributed by atoms with Crippen LogP contribution in [0.15, 0.2) is 42.5 Å². The number of rotatable bonds is 4. The van der Waals surface area contributed by atoms with E-state index in [0.717, 1.165) is 28.2 Å². The van der Waals surface area contributed by atoms with Crippen molar-refractivity contribution in [2.75, 3.05) is 10.6 Å². The summed E-state index contributed by atoms with van der Waals surface area (Å²) in [5.41, 5.74) is 6.31. The number of urea groups is 1. The van der Waals surface area contributed by atoms with Crippen molar-refractivity contribution in [1.82, 2.24) is 9.78 Å². The number of hydrogen-bond acceptors (Lipinski definition) is 2. The Bertz CT molecular complexity index is 977. The van der Waals surface area contributed by atoms with E-state index in [-0.39, 0.29) is 6.03 Å². The van der Waals surface area contributed by atoms with Gasteiger partial charge in [-0.15, -0.1) is 0 Å². The second kappa shape index (κ2) is 7.84. The topological polar surface area (TPSA) is 59.0 Å². The molecule has 6 heteroatoms. The van der Waals surface area contributed by atoms with Gasteiger partial charge < -0.3 is 10.6 Å². The van der Waals surface area contributed by atoms with Crippen LogP contribution in [0.4, 0.5) is 16.2 Å². The molecule has 0 saturated heterocycles. The number of anilines is 2. The van der Waals surface area contributed by atoms with Crippen molar-refractivity contribution >= 4 is 29.0 Å². The average Bonchev–Trinajstić information content (AvgIpc) is 2.88. The van der Waals surface area contributed by atoms with Gasteiger partial charge >= 0.3 is 6.03 Å². The van der Waals surface area contributed by atoms with Gasteiger partial charge in [-0.3, -0.25) is 4.68 Å². The number of aryl methyl sites for hydroxylation is 2. The number of amides is 2. The summed E-state index contributed by atoms with van der Waals surface area (Å²) in [6, 6.07) is 13.5. The van der Waals surface area contributed by atoms with E-state index in [1.807, 2.05) is 31.5 Å². The van der Waals surface area contributed by atoms with Gasteiger partial charge in [-0.1, -0.05) is 47.5 Å². The quantitative estimate of drug-likeness (QED) is 0.629. The molecule has 0 saturated carbocycles. The lowest BCUT2D eigenvalue weighted by Gasteiger charge is -2.11. The van der Waals surface area contributed by atoms with Crippen LogP contribution >= 0.6 is 11.6 Å². The largest absolute Gasteiger partial charge is 0.323 e. The number of hydrogen-bond donors (Lipinski definition) is 2. The number of nitrogens with zero attached hydrogens (tertiary/aromatic N) is 2. The number of carbonyl (C=O) groups excluding carboxylic acids is 1. The van der Waals surface area contributed by atoms with Crippen LogP contribution in [-0.4, -0.2) is 15.8 Å². The highest BCUT2D eigenvalue weighted by atomic mass is 35.5. The molecule has 0 radical (unpaired) electrons.